The van der Waals surface area contributed by atoms with Gasteiger partial charge in [-0.3, -0.25) is 0 Å². The van der Waals surface area contributed by atoms with Crippen LogP contribution in [-0.2, 0) is 10.1 Å². The molecule has 1 aromatic carbocycles. The Morgan fingerprint density at radius 2 is 1.94 bits per heavy atom. The molecule has 5 heteroatoms. The Labute approximate surface area is 97.0 Å². The molecule has 1 aromatic rings. The molecule has 0 aliphatic heterocycles. The molecule has 0 amide bonds. The Kier molecular flexibility index (Phi) is 3.93. The summed E-state index contributed by atoms with van der Waals surface area (Å²) < 4.78 is 26.8. The van der Waals surface area contributed by atoms with Gasteiger partial charge in [0.2, 0.25) is 0 Å². The Hall–Kier alpha value is -1.07. The van der Waals surface area contributed by atoms with E-state index in [0.717, 1.165) is 11.8 Å². The third-order valence-electron chi connectivity index (χ3n) is 2.36. The van der Waals surface area contributed by atoms with Crippen LogP contribution in [0, 0.1) is 0 Å². The van der Waals surface area contributed by atoms with Crippen LogP contribution in [-0.4, -0.2) is 33.7 Å². The van der Waals surface area contributed by atoms with Crippen molar-refractivity contribution in [1.29, 1.82) is 0 Å². The van der Waals surface area contributed by atoms with E-state index in [1.165, 1.54) is 0 Å². The lowest BCUT2D eigenvalue weighted by atomic mass is 10.1. The van der Waals surface area contributed by atoms with Gasteiger partial charge in [-0.25, -0.2) is 0 Å². The second-order valence-corrected chi connectivity index (χ2v) is 5.57. The van der Waals surface area contributed by atoms with Crippen LogP contribution in [0.15, 0.2) is 24.3 Å². The molecule has 0 radical (unpaired) electrons. The van der Waals surface area contributed by atoms with Gasteiger partial charge in [-0.2, -0.15) is 8.42 Å². The Morgan fingerprint density at radius 3 is 2.44 bits per heavy atom. The molecular formula is C11H17NO3S. The molecule has 0 N–H and O–H groups in total. The van der Waals surface area contributed by atoms with Gasteiger partial charge in [0.25, 0.3) is 0 Å². The molecule has 0 aliphatic rings. The van der Waals surface area contributed by atoms with Crippen molar-refractivity contribution in [3.8, 4) is 5.75 Å². The first-order chi connectivity index (χ1) is 7.29. The maximum absolute atomic E-state index is 11.0. The van der Waals surface area contributed by atoms with Gasteiger partial charge in [0, 0.05) is 6.04 Å². The third-order valence-corrected chi connectivity index (χ3v) is 2.86. The quantitative estimate of drug-likeness (QED) is 0.754. The van der Waals surface area contributed by atoms with Crippen LogP contribution in [0.1, 0.15) is 18.5 Å². The molecule has 4 nitrogen and oxygen atoms in total. The summed E-state index contributed by atoms with van der Waals surface area (Å²) in [6, 6.07) is 7.32. The molecular weight excluding hydrogens is 226 g/mol. The molecule has 0 spiro atoms. The summed E-state index contributed by atoms with van der Waals surface area (Å²) in [5.41, 5.74) is 1.02. The summed E-state index contributed by atoms with van der Waals surface area (Å²) in [5, 5.41) is 0. The van der Waals surface area contributed by atoms with Crippen LogP contribution < -0.4 is 4.18 Å². The highest BCUT2D eigenvalue weighted by Crippen LogP contribution is 2.22. The Bertz CT molecular complexity index is 454. The van der Waals surface area contributed by atoms with Crippen LogP contribution in [0.3, 0.4) is 0 Å². The number of nitrogens with zero attached hydrogens (tertiary/aromatic N) is 1. The average Bonchev–Trinajstić information content (AvgIpc) is 2.14. The van der Waals surface area contributed by atoms with Gasteiger partial charge in [0.15, 0.2) is 0 Å². The van der Waals surface area contributed by atoms with Crippen molar-refractivity contribution in [1.82, 2.24) is 4.90 Å². The number of rotatable bonds is 4. The fraction of sp³-hybridized carbons (Fsp3) is 0.455. The predicted molar refractivity (Wildman–Crippen MR) is 64.0 cm³/mol. The lowest BCUT2D eigenvalue weighted by Gasteiger charge is -2.20. The first-order valence-electron chi connectivity index (χ1n) is 4.95. The zero-order valence-corrected chi connectivity index (χ0v) is 10.8. The third kappa shape index (κ3) is 3.83. The summed E-state index contributed by atoms with van der Waals surface area (Å²) in [5.74, 6) is 0.355. The van der Waals surface area contributed by atoms with Crippen molar-refractivity contribution < 1.29 is 12.6 Å². The van der Waals surface area contributed by atoms with Gasteiger partial charge in [0.1, 0.15) is 5.75 Å². The second kappa shape index (κ2) is 4.84. The lowest BCUT2D eigenvalue weighted by molar-refractivity contribution is 0.320. The summed E-state index contributed by atoms with van der Waals surface area (Å²) in [4.78, 5) is 2.04. The van der Waals surface area contributed by atoms with E-state index in [2.05, 4.69) is 0 Å². The molecule has 0 aromatic heterocycles. The van der Waals surface area contributed by atoms with E-state index < -0.39 is 10.1 Å². The minimum atomic E-state index is -3.45. The highest BCUT2D eigenvalue weighted by Gasteiger charge is 2.10. The molecule has 0 aliphatic carbocycles. The van der Waals surface area contributed by atoms with Crippen LogP contribution in [0.4, 0.5) is 0 Å². The lowest BCUT2D eigenvalue weighted by Crippen LogP contribution is -2.16. The van der Waals surface area contributed by atoms with Crippen molar-refractivity contribution in [2.24, 2.45) is 0 Å². The van der Waals surface area contributed by atoms with E-state index in [0.29, 0.717) is 5.75 Å². The average molecular weight is 243 g/mol. The summed E-state index contributed by atoms with van der Waals surface area (Å²) >= 11 is 0. The van der Waals surface area contributed by atoms with Crippen molar-refractivity contribution in [2.45, 2.75) is 13.0 Å². The molecule has 0 heterocycles. The first kappa shape index (κ1) is 13.0. The van der Waals surface area contributed by atoms with Crippen LogP contribution >= 0.6 is 0 Å². The second-order valence-electron chi connectivity index (χ2n) is 4.00. The molecule has 0 saturated carbocycles. The van der Waals surface area contributed by atoms with Crippen molar-refractivity contribution in [2.75, 3.05) is 20.4 Å². The SMILES string of the molecule is C[C@@H](c1cccc(OS(C)(=O)=O)c1)N(C)C. The maximum atomic E-state index is 11.0. The monoisotopic (exact) mass is 243 g/mol. The smallest absolute Gasteiger partial charge is 0.306 e. The molecule has 0 bridgehead atoms. The standard InChI is InChI=1S/C11H17NO3S/c1-9(12(2)3)10-6-5-7-11(8-10)15-16(4,13)14/h5-9H,1-4H3/t9-/m0/s1. The molecule has 90 valence electrons. The summed E-state index contributed by atoms with van der Waals surface area (Å²) in [7, 11) is 0.481. The highest BCUT2D eigenvalue weighted by atomic mass is 32.2. The summed E-state index contributed by atoms with van der Waals surface area (Å²) in [6.45, 7) is 2.04. The Morgan fingerprint density at radius 1 is 1.31 bits per heavy atom. The fourth-order valence-corrected chi connectivity index (χ4v) is 1.75. The van der Waals surface area contributed by atoms with Crippen molar-refractivity contribution in [3.05, 3.63) is 29.8 Å². The van der Waals surface area contributed by atoms with E-state index in [1.807, 2.05) is 32.0 Å². The zero-order chi connectivity index (χ0) is 12.3. The van der Waals surface area contributed by atoms with E-state index in [1.54, 1.807) is 18.2 Å². The van der Waals surface area contributed by atoms with E-state index in [9.17, 15) is 8.42 Å². The zero-order valence-electron chi connectivity index (χ0n) is 9.97. The fourth-order valence-electron chi connectivity index (χ4n) is 1.30. The number of hydrogen-bond acceptors (Lipinski definition) is 4. The highest BCUT2D eigenvalue weighted by molar-refractivity contribution is 7.86. The van der Waals surface area contributed by atoms with Crippen molar-refractivity contribution >= 4 is 10.1 Å². The predicted octanol–water partition coefficient (Wildman–Crippen LogP) is 1.65. The topological polar surface area (TPSA) is 46.6 Å². The maximum Gasteiger partial charge on any atom is 0.306 e. The molecule has 16 heavy (non-hydrogen) atoms. The van der Waals surface area contributed by atoms with Gasteiger partial charge in [-0.15, -0.1) is 0 Å². The van der Waals surface area contributed by atoms with E-state index >= 15 is 0 Å². The molecule has 1 atom stereocenters. The number of benzene rings is 1. The van der Waals surface area contributed by atoms with Gasteiger partial charge >= 0.3 is 10.1 Å². The molecule has 1 rings (SSSR count). The minimum absolute atomic E-state index is 0.211. The summed E-state index contributed by atoms with van der Waals surface area (Å²) in [6.07, 6.45) is 1.04. The van der Waals surface area contributed by atoms with Crippen LogP contribution in [0.2, 0.25) is 0 Å². The van der Waals surface area contributed by atoms with Crippen LogP contribution in [0.25, 0.3) is 0 Å². The Balaban J connectivity index is 2.95. The molecule has 0 saturated heterocycles. The first-order valence-corrected chi connectivity index (χ1v) is 6.77. The van der Waals surface area contributed by atoms with Gasteiger partial charge in [-0.05, 0) is 38.7 Å². The van der Waals surface area contributed by atoms with E-state index in [-0.39, 0.29) is 6.04 Å². The van der Waals surface area contributed by atoms with Gasteiger partial charge < -0.3 is 9.08 Å². The molecule has 0 unspecified atom stereocenters. The van der Waals surface area contributed by atoms with Crippen molar-refractivity contribution in [3.63, 3.8) is 0 Å². The van der Waals surface area contributed by atoms with Gasteiger partial charge in [-0.1, -0.05) is 12.1 Å². The largest absolute Gasteiger partial charge is 0.383 e. The van der Waals surface area contributed by atoms with Crippen LogP contribution in [0.5, 0.6) is 5.75 Å². The molecule has 0 fully saturated rings. The van der Waals surface area contributed by atoms with Gasteiger partial charge in [0.05, 0.1) is 6.26 Å². The van der Waals surface area contributed by atoms with E-state index in [4.69, 9.17) is 4.18 Å². The normalized spacial score (nSPS) is 13.8. The number of hydrogen-bond donors (Lipinski definition) is 0. The minimum Gasteiger partial charge on any atom is -0.383 e.